The van der Waals surface area contributed by atoms with E-state index < -0.39 is 0 Å². The molecule has 0 unspecified atom stereocenters. The van der Waals surface area contributed by atoms with Crippen LogP contribution in [0.1, 0.15) is 43.9 Å². The molecule has 1 aliphatic rings. The highest BCUT2D eigenvalue weighted by atomic mass is 15.0. The van der Waals surface area contributed by atoms with Crippen molar-refractivity contribution in [2.24, 2.45) is 5.92 Å². The third-order valence-corrected chi connectivity index (χ3v) is 3.51. The summed E-state index contributed by atoms with van der Waals surface area (Å²) in [5, 5.41) is 12.5. The summed E-state index contributed by atoms with van der Waals surface area (Å²) in [6.07, 6.45) is 4.90. The molecular formula is C14H19N3. The lowest BCUT2D eigenvalue weighted by molar-refractivity contribution is 0.361. The van der Waals surface area contributed by atoms with Crippen molar-refractivity contribution in [2.75, 3.05) is 5.32 Å². The molecule has 1 N–H and O–H groups in total. The Morgan fingerprint density at radius 2 is 2.00 bits per heavy atom. The molecule has 0 amide bonds. The lowest BCUT2D eigenvalue weighted by Gasteiger charge is -2.27. The van der Waals surface area contributed by atoms with Crippen molar-refractivity contribution in [3.63, 3.8) is 0 Å². The molecule has 0 radical (unpaired) electrons. The highest BCUT2D eigenvalue weighted by Gasteiger charge is 2.19. The van der Waals surface area contributed by atoms with Gasteiger partial charge in [0.15, 0.2) is 0 Å². The van der Waals surface area contributed by atoms with E-state index in [0.29, 0.717) is 11.6 Å². The molecule has 1 aromatic heterocycles. The van der Waals surface area contributed by atoms with Gasteiger partial charge < -0.3 is 5.32 Å². The third kappa shape index (κ3) is 2.97. The predicted octanol–water partition coefficient (Wildman–Crippen LogP) is 3.25. The van der Waals surface area contributed by atoms with Crippen LogP contribution in [-0.2, 0) is 0 Å². The Bertz CT molecular complexity index is 426. The van der Waals surface area contributed by atoms with Crippen LogP contribution in [0.15, 0.2) is 12.1 Å². The van der Waals surface area contributed by atoms with E-state index in [0.717, 1.165) is 17.4 Å². The average Bonchev–Trinajstić information content (AvgIpc) is 2.32. The van der Waals surface area contributed by atoms with Crippen molar-refractivity contribution < 1.29 is 0 Å². The van der Waals surface area contributed by atoms with Crippen LogP contribution in [0.4, 0.5) is 5.82 Å². The first-order valence-corrected chi connectivity index (χ1v) is 6.33. The van der Waals surface area contributed by atoms with Crippen molar-refractivity contribution in [1.29, 1.82) is 5.26 Å². The van der Waals surface area contributed by atoms with Crippen LogP contribution < -0.4 is 5.32 Å². The molecule has 0 aliphatic heterocycles. The highest BCUT2D eigenvalue weighted by Crippen LogP contribution is 2.26. The van der Waals surface area contributed by atoms with Gasteiger partial charge in [0.05, 0.1) is 5.56 Å². The van der Waals surface area contributed by atoms with E-state index in [1.54, 1.807) is 0 Å². The van der Waals surface area contributed by atoms with E-state index in [9.17, 15) is 0 Å². The number of aromatic nitrogens is 1. The number of nitrogens with zero attached hydrogens (tertiary/aromatic N) is 2. The van der Waals surface area contributed by atoms with Crippen LogP contribution >= 0.6 is 0 Å². The molecule has 90 valence electrons. The van der Waals surface area contributed by atoms with Gasteiger partial charge in [-0.25, -0.2) is 4.98 Å². The van der Waals surface area contributed by atoms with Gasteiger partial charge in [0.25, 0.3) is 0 Å². The molecule has 0 aromatic carbocycles. The summed E-state index contributed by atoms with van der Waals surface area (Å²) >= 11 is 0. The van der Waals surface area contributed by atoms with Gasteiger partial charge in [-0.1, -0.05) is 6.92 Å². The molecule has 3 heteroatoms. The van der Waals surface area contributed by atoms with Gasteiger partial charge in [0.1, 0.15) is 11.9 Å². The fourth-order valence-corrected chi connectivity index (χ4v) is 2.35. The van der Waals surface area contributed by atoms with Crippen LogP contribution in [0, 0.1) is 24.2 Å². The molecule has 17 heavy (non-hydrogen) atoms. The lowest BCUT2D eigenvalue weighted by Crippen LogP contribution is -2.26. The van der Waals surface area contributed by atoms with Crippen molar-refractivity contribution in [2.45, 2.75) is 45.6 Å². The Labute approximate surface area is 103 Å². The number of nitrogens with one attached hydrogen (secondary N) is 1. The average molecular weight is 229 g/mol. The maximum Gasteiger partial charge on any atom is 0.144 e. The van der Waals surface area contributed by atoms with Crippen LogP contribution in [0.2, 0.25) is 0 Å². The Balaban J connectivity index is 2.08. The predicted molar refractivity (Wildman–Crippen MR) is 68.7 cm³/mol. The molecule has 0 saturated heterocycles. The minimum absolute atomic E-state index is 0.479. The number of hydrogen-bond donors (Lipinski definition) is 1. The number of aryl methyl sites for hydroxylation is 1. The first kappa shape index (κ1) is 11.9. The SMILES string of the molecule is Cc1ccc(C#N)c(NC2CCC(C)CC2)n1. The maximum atomic E-state index is 9.05. The summed E-state index contributed by atoms with van der Waals surface area (Å²) in [4.78, 5) is 4.42. The number of rotatable bonds is 2. The van der Waals surface area contributed by atoms with Gasteiger partial charge in [-0.15, -0.1) is 0 Å². The van der Waals surface area contributed by atoms with Crippen LogP contribution in [-0.4, -0.2) is 11.0 Å². The third-order valence-electron chi connectivity index (χ3n) is 3.51. The smallest absolute Gasteiger partial charge is 0.144 e. The van der Waals surface area contributed by atoms with E-state index in [1.807, 2.05) is 19.1 Å². The summed E-state index contributed by atoms with van der Waals surface area (Å²) in [6, 6.07) is 6.40. The van der Waals surface area contributed by atoms with E-state index in [1.165, 1.54) is 25.7 Å². The Kier molecular flexibility index (Phi) is 3.63. The number of anilines is 1. The summed E-state index contributed by atoms with van der Waals surface area (Å²) in [6.45, 7) is 4.26. The molecule has 1 saturated carbocycles. The highest BCUT2D eigenvalue weighted by molar-refractivity contribution is 5.52. The quantitative estimate of drug-likeness (QED) is 0.846. The molecule has 1 heterocycles. The van der Waals surface area contributed by atoms with E-state index >= 15 is 0 Å². The number of nitriles is 1. The van der Waals surface area contributed by atoms with Gasteiger partial charge >= 0.3 is 0 Å². The minimum atomic E-state index is 0.479. The second-order valence-corrected chi connectivity index (χ2v) is 5.06. The van der Waals surface area contributed by atoms with E-state index in [-0.39, 0.29) is 0 Å². The monoisotopic (exact) mass is 229 g/mol. The van der Waals surface area contributed by atoms with E-state index in [2.05, 4.69) is 23.3 Å². The summed E-state index contributed by atoms with van der Waals surface area (Å²) < 4.78 is 0. The molecular weight excluding hydrogens is 210 g/mol. The first-order valence-electron chi connectivity index (χ1n) is 6.33. The lowest BCUT2D eigenvalue weighted by atomic mass is 9.87. The summed E-state index contributed by atoms with van der Waals surface area (Å²) in [5.74, 6) is 1.60. The second kappa shape index (κ2) is 5.18. The first-order chi connectivity index (χ1) is 8.19. The molecule has 0 atom stereocenters. The van der Waals surface area contributed by atoms with Gasteiger partial charge in [0.2, 0.25) is 0 Å². The standard InChI is InChI=1S/C14H19N3/c1-10-3-7-13(8-4-10)17-14-12(9-15)6-5-11(2)16-14/h5-6,10,13H,3-4,7-8H2,1-2H3,(H,16,17). The Morgan fingerprint density at radius 1 is 1.29 bits per heavy atom. The van der Waals surface area contributed by atoms with Gasteiger partial charge in [-0.3, -0.25) is 0 Å². The largest absolute Gasteiger partial charge is 0.366 e. The molecule has 0 bridgehead atoms. The fraction of sp³-hybridized carbons (Fsp3) is 0.571. The summed E-state index contributed by atoms with van der Waals surface area (Å²) in [7, 11) is 0. The second-order valence-electron chi connectivity index (χ2n) is 5.06. The van der Waals surface area contributed by atoms with Crippen molar-refractivity contribution in [3.05, 3.63) is 23.4 Å². The zero-order valence-electron chi connectivity index (χ0n) is 10.5. The van der Waals surface area contributed by atoms with Gasteiger partial charge in [-0.2, -0.15) is 5.26 Å². The van der Waals surface area contributed by atoms with Crippen molar-refractivity contribution in [1.82, 2.24) is 4.98 Å². The molecule has 0 spiro atoms. The fourth-order valence-electron chi connectivity index (χ4n) is 2.35. The topological polar surface area (TPSA) is 48.7 Å². The zero-order chi connectivity index (χ0) is 12.3. The van der Waals surface area contributed by atoms with Gasteiger partial charge in [0, 0.05) is 11.7 Å². The van der Waals surface area contributed by atoms with Crippen molar-refractivity contribution in [3.8, 4) is 6.07 Å². The van der Waals surface area contributed by atoms with Gasteiger partial charge in [-0.05, 0) is 50.7 Å². The normalized spacial score (nSPS) is 24.1. The Morgan fingerprint density at radius 3 is 2.65 bits per heavy atom. The molecule has 3 nitrogen and oxygen atoms in total. The molecule has 1 fully saturated rings. The van der Waals surface area contributed by atoms with E-state index in [4.69, 9.17) is 5.26 Å². The molecule has 2 rings (SSSR count). The number of hydrogen-bond acceptors (Lipinski definition) is 3. The maximum absolute atomic E-state index is 9.05. The van der Waals surface area contributed by atoms with Crippen LogP contribution in [0.3, 0.4) is 0 Å². The van der Waals surface area contributed by atoms with Crippen LogP contribution in [0.5, 0.6) is 0 Å². The Hall–Kier alpha value is -1.56. The zero-order valence-corrected chi connectivity index (χ0v) is 10.5. The minimum Gasteiger partial charge on any atom is -0.366 e. The van der Waals surface area contributed by atoms with Crippen molar-refractivity contribution >= 4 is 5.82 Å². The summed E-state index contributed by atoms with van der Waals surface area (Å²) in [5.41, 5.74) is 1.60. The molecule has 1 aliphatic carbocycles. The number of pyridine rings is 1. The van der Waals surface area contributed by atoms with Crippen LogP contribution in [0.25, 0.3) is 0 Å². The molecule has 1 aromatic rings.